The highest BCUT2D eigenvalue weighted by molar-refractivity contribution is 6.35. The molecule has 0 aliphatic carbocycles. The molecule has 5 unspecified atom stereocenters. The third-order valence-corrected chi connectivity index (χ3v) is 8.38. The Hall–Kier alpha value is -3.61. The second kappa shape index (κ2) is 17.2. The predicted octanol–water partition coefficient (Wildman–Crippen LogP) is 4.54. The van der Waals surface area contributed by atoms with Crippen molar-refractivity contribution < 1.29 is 43.6 Å². The number of benzene rings is 1. The number of ether oxygens (including phenoxy) is 3. The average Bonchev–Trinajstić information content (AvgIpc) is 2.97. The summed E-state index contributed by atoms with van der Waals surface area (Å²) in [4.78, 5) is 50.4. The second-order valence-electron chi connectivity index (χ2n) is 11.8. The summed E-state index contributed by atoms with van der Waals surface area (Å²) in [7, 11) is 4.31. The van der Waals surface area contributed by atoms with Crippen LogP contribution in [0.1, 0.15) is 58.9 Å². The number of carbonyl (C=O) groups excluding carboxylic acids is 3. The summed E-state index contributed by atoms with van der Waals surface area (Å²) in [6, 6.07) is 2.61. The zero-order chi connectivity index (χ0) is 33.9. The molecule has 1 aromatic carbocycles. The van der Waals surface area contributed by atoms with Crippen molar-refractivity contribution in [1.82, 2.24) is 10.2 Å². The van der Waals surface area contributed by atoms with E-state index in [4.69, 9.17) is 25.8 Å². The van der Waals surface area contributed by atoms with Gasteiger partial charge in [-0.2, -0.15) is 0 Å². The lowest BCUT2D eigenvalue weighted by Crippen LogP contribution is -2.56. The summed E-state index contributed by atoms with van der Waals surface area (Å²) < 4.78 is 16.8. The topological polar surface area (TPSA) is 164 Å². The first-order valence-electron chi connectivity index (χ1n) is 14.8. The van der Waals surface area contributed by atoms with Crippen LogP contribution in [0.3, 0.4) is 0 Å². The molecule has 1 aliphatic rings. The Morgan fingerprint density at radius 1 is 1.27 bits per heavy atom. The lowest BCUT2D eigenvalue weighted by atomic mass is 9.86. The molecular formula is C32H46ClN3O9. The Morgan fingerprint density at radius 3 is 2.56 bits per heavy atom. The van der Waals surface area contributed by atoms with Gasteiger partial charge in [0.2, 0.25) is 12.3 Å². The van der Waals surface area contributed by atoms with Crippen LogP contribution >= 0.6 is 11.6 Å². The van der Waals surface area contributed by atoms with E-state index in [1.807, 2.05) is 26.8 Å². The number of carboxylic acid groups (broad SMARTS) is 1. The molecule has 1 heterocycles. The molecule has 0 fully saturated rings. The molecule has 1 aromatic rings. The largest absolute Gasteiger partial charge is 0.495 e. The van der Waals surface area contributed by atoms with Crippen LogP contribution in [0, 0.1) is 11.8 Å². The van der Waals surface area contributed by atoms with Gasteiger partial charge in [0.05, 0.1) is 19.2 Å². The fraction of sp³-hybridized carbons (Fsp3) is 0.562. The first kappa shape index (κ1) is 37.6. The molecule has 0 spiro atoms. The summed E-state index contributed by atoms with van der Waals surface area (Å²) >= 11 is 6.55. The van der Waals surface area contributed by atoms with Gasteiger partial charge in [-0.15, -0.1) is 0 Å². The molecule has 0 saturated heterocycles. The number of nitrogens with one attached hydrogen (secondary N) is 2. The third-order valence-electron chi connectivity index (χ3n) is 7.99. The van der Waals surface area contributed by atoms with Crippen molar-refractivity contribution in [1.29, 1.82) is 0 Å². The molecule has 2 bridgehead atoms. The molecule has 4 N–H and O–H groups in total. The maximum atomic E-state index is 13.4. The molecule has 0 aromatic heterocycles. The van der Waals surface area contributed by atoms with Crippen LogP contribution in [0.5, 0.6) is 5.75 Å². The minimum absolute atomic E-state index is 0.0228. The Balaban J connectivity index is 2.57. The third kappa shape index (κ3) is 11.1. The number of halogens is 1. The van der Waals surface area contributed by atoms with E-state index < -0.39 is 41.9 Å². The molecule has 13 heteroatoms. The highest BCUT2D eigenvalue weighted by Crippen LogP contribution is 2.35. The highest BCUT2D eigenvalue weighted by atomic mass is 35.5. The lowest BCUT2D eigenvalue weighted by molar-refractivity contribution is -0.159. The van der Waals surface area contributed by atoms with Gasteiger partial charge < -0.3 is 34.6 Å². The molecule has 6 atom stereocenters. The van der Waals surface area contributed by atoms with Gasteiger partial charge in [-0.05, 0) is 69.1 Å². The van der Waals surface area contributed by atoms with Gasteiger partial charge >= 0.3 is 12.1 Å². The second-order valence-corrected chi connectivity index (χ2v) is 12.2. The zero-order valence-electron chi connectivity index (χ0n) is 27.0. The van der Waals surface area contributed by atoms with E-state index >= 15 is 0 Å². The van der Waals surface area contributed by atoms with E-state index in [0.29, 0.717) is 37.1 Å². The van der Waals surface area contributed by atoms with Crippen molar-refractivity contribution in [3.05, 3.63) is 46.5 Å². The summed E-state index contributed by atoms with van der Waals surface area (Å²) in [5.74, 6) is -1.19. The molecule has 0 saturated carbocycles. The van der Waals surface area contributed by atoms with Crippen molar-refractivity contribution >= 4 is 41.7 Å². The molecule has 2 rings (SSSR count). The van der Waals surface area contributed by atoms with Crippen LogP contribution in [-0.2, 0) is 30.3 Å². The van der Waals surface area contributed by atoms with Crippen LogP contribution < -0.4 is 15.4 Å². The number of hydrogen-bond donors (Lipinski definition) is 4. The first-order valence-corrected chi connectivity index (χ1v) is 15.2. The Morgan fingerprint density at radius 2 is 1.96 bits per heavy atom. The number of hydrogen-bond acceptors (Lipinski definition) is 8. The number of rotatable bonds is 7. The minimum Gasteiger partial charge on any atom is -0.495 e. The van der Waals surface area contributed by atoms with Crippen molar-refractivity contribution in [3.63, 3.8) is 0 Å². The predicted molar refractivity (Wildman–Crippen MR) is 170 cm³/mol. The number of methoxy groups -OCH3 is 2. The summed E-state index contributed by atoms with van der Waals surface area (Å²) in [5.41, 5.74) is 0.0916. The van der Waals surface area contributed by atoms with Gasteiger partial charge in [-0.25, -0.2) is 9.59 Å². The number of amides is 3. The molecule has 45 heavy (non-hydrogen) atoms. The van der Waals surface area contributed by atoms with Gasteiger partial charge in [0.1, 0.15) is 29.0 Å². The van der Waals surface area contributed by atoms with Crippen LogP contribution in [-0.4, -0.2) is 84.7 Å². The minimum atomic E-state index is -1.93. The molecule has 12 nitrogen and oxygen atoms in total. The summed E-state index contributed by atoms with van der Waals surface area (Å²) in [5, 5.41) is 26.2. The van der Waals surface area contributed by atoms with E-state index in [1.54, 1.807) is 24.3 Å². The number of aliphatic hydroxyl groups is 1. The number of esters is 1. The molecule has 0 radical (unpaired) electrons. The monoisotopic (exact) mass is 651 g/mol. The SMILES string of the molecule is COc1cc2cc(c1Cl)NC(=O)CC(OC(=O)[C@H](C)N(C)C=O)C(C)CC(C)CCC(O)(NC(=O)O)C(OC)/C=C/C=C(\C)C2. The van der Waals surface area contributed by atoms with Gasteiger partial charge in [0, 0.05) is 14.2 Å². The summed E-state index contributed by atoms with van der Waals surface area (Å²) in [6.45, 7) is 7.18. The number of carbonyl (C=O) groups is 4. The number of anilines is 1. The smallest absolute Gasteiger partial charge is 0.406 e. The van der Waals surface area contributed by atoms with E-state index in [9.17, 15) is 29.4 Å². The number of fused-ring (bicyclic) bond motifs is 2. The van der Waals surface area contributed by atoms with Gasteiger partial charge in [0.15, 0.2) is 5.72 Å². The van der Waals surface area contributed by atoms with Crippen molar-refractivity contribution in [2.75, 3.05) is 26.6 Å². The van der Waals surface area contributed by atoms with Crippen molar-refractivity contribution in [3.8, 4) is 5.75 Å². The van der Waals surface area contributed by atoms with Gasteiger partial charge in [-0.3, -0.25) is 14.9 Å². The van der Waals surface area contributed by atoms with E-state index in [0.717, 1.165) is 11.1 Å². The zero-order valence-corrected chi connectivity index (χ0v) is 27.7. The van der Waals surface area contributed by atoms with E-state index in [-0.39, 0.29) is 29.7 Å². The van der Waals surface area contributed by atoms with Crippen LogP contribution in [0.25, 0.3) is 0 Å². The number of nitrogens with zero attached hydrogens (tertiary/aromatic N) is 1. The fourth-order valence-electron chi connectivity index (χ4n) is 5.21. The van der Waals surface area contributed by atoms with Crippen molar-refractivity contribution in [2.45, 2.75) is 83.8 Å². The van der Waals surface area contributed by atoms with Gasteiger partial charge in [0.25, 0.3) is 0 Å². The normalized spacial score (nSPS) is 27.6. The molecule has 3 amide bonds. The van der Waals surface area contributed by atoms with E-state index in [2.05, 4.69) is 10.6 Å². The van der Waals surface area contributed by atoms with Gasteiger partial charge in [-0.1, -0.05) is 49.2 Å². The maximum Gasteiger partial charge on any atom is 0.406 e. The van der Waals surface area contributed by atoms with E-state index in [1.165, 1.54) is 33.1 Å². The lowest BCUT2D eigenvalue weighted by Gasteiger charge is -2.35. The average molecular weight is 652 g/mol. The molecular weight excluding hydrogens is 606 g/mol. The van der Waals surface area contributed by atoms with Crippen molar-refractivity contribution in [2.24, 2.45) is 11.8 Å². The fourth-order valence-corrected chi connectivity index (χ4v) is 5.44. The quantitative estimate of drug-likeness (QED) is 0.188. The molecule has 250 valence electrons. The van der Waals surface area contributed by atoms with Crippen LogP contribution in [0.2, 0.25) is 5.02 Å². The highest BCUT2D eigenvalue weighted by Gasteiger charge is 2.38. The van der Waals surface area contributed by atoms with Crippen LogP contribution in [0.4, 0.5) is 10.5 Å². The standard InChI is InChI=1S/C32H46ClN3O9/c1-19-9-8-10-27(44-7)32(42,35-31(40)41)12-11-20(2)13-21(3)25(45-30(39)22(4)36(5)18-37)17-28(38)34-24-15-23(14-19)16-26(43-6)29(24)33/h8-10,15-16,18,20-22,25,27,35,42H,11-14,17H2,1-7H3,(H,34,38)(H,40,41)/b10-8+,19-9+/t20?,21?,22-,25?,27?,32?/m0/s1. The Bertz CT molecular complexity index is 1270. The van der Waals surface area contributed by atoms with Crippen LogP contribution in [0.15, 0.2) is 35.9 Å². The summed E-state index contributed by atoms with van der Waals surface area (Å²) in [6.07, 6.45) is 3.45. The first-order chi connectivity index (χ1) is 21.1. The number of likely N-dealkylation sites (N-methyl/N-ethyl adjacent to an activating group) is 1. The Labute approximate surface area is 269 Å². The molecule has 1 aliphatic heterocycles. The Kier molecular flexibility index (Phi) is 14.3. The number of allylic oxidation sites excluding steroid dienone is 3. The maximum absolute atomic E-state index is 13.4.